The van der Waals surface area contributed by atoms with Crippen LogP contribution in [-0.2, 0) is 21.2 Å². The second-order valence-electron chi connectivity index (χ2n) is 9.07. The van der Waals surface area contributed by atoms with Gasteiger partial charge in [0.15, 0.2) is 0 Å². The maximum absolute atomic E-state index is 13.4. The van der Waals surface area contributed by atoms with E-state index in [-0.39, 0.29) is 29.9 Å². The second-order valence-corrected chi connectivity index (χ2v) is 12.9. The molecule has 1 aromatic heterocycles. The number of fused-ring (bicyclic) bond motifs is 1. The first kappa shape index (κ1) is 25.7. The second kappa shape index (κ2) is 10.8. The van der Waals surface area contributed by atoms with Crippen LogP contribution < -0.4 is 0 Å². The molecule has 190 valence electrons. The van der Waals surface area contributed by atoms with E-state index in [1.54, 1.807) is 28.4 Å². The Morgan fingerprint density at radius 3 is 2.31 bits per heavy atom. The molecule has 0 aliphatic carbocycles. The van der Waals surface area contributed by atoms with Crippen LogP contribution in [-0.4, -0.2) is 67.7 Å². The van der Waals surface area contributed by atoms with Crippen molar-refractivity contribution in [1.82, 2.24) is 14.1 Å². The number of sulfonamides is 1. The van der Waals surface area contributed by atoms with Crippen LogP contribution in [0.25, 0.3) is 0 Å². The largest absolute Gasteiger partial charge is 0.340 e. The molecule has 0 N–H and O–H groups in total. The van der Waals surface area contributed by atoms with Gasteiger partial charge < -0.3 is 4.90 Å². The third-order valence-corrected chi connectivity index (χ3v) is 10.3. The minimum atomic E-state index is -3.64. The van der Waals surface area contributed by atoms with Crippen molar-refractivity contribution in [2.75, 3.05) is 39.3 Å². The van der Waals surface area contributed by atoms with E-state index in [1.807, 2.05) is 24.3 Å². The van der Waals surface area contributed by atoms with Gasteiger partial charge in [0.05, 0.1) is 17.5 Å². The molecule has 3 aromatic rings. The molecule has 3 heterocycles. The number of hydrogen-bond donors (Lipinski definition) is 0. The topological polar surface area (TPSA) is 60.9 Å². The van der Waals surface area contributed by atoms with Crippen molar-refractivity contribution >= 4 is 50.5 Å². The van der Waals surface area contributed by atoms with Gasteiger partial charge in [-0.2, -0.15) is 4.31 Å². The summed E-state index contributed by atoms with van der Waals surface area (Å²) < 4.78 is 27.7. The SMILES string of the molecule is O=C(CN1CCc2sccc2[C@@H]1c1ccc(Cl)cc1)N1CCCN(S(=O)(=O)c2ccc(Cl)cc2)CC1. The minimum absolute atomic E-state index is 0.00465. The maximum Gasteiger partial charge on any atom is 0.243 e. The highest BCUT2D eigenvalue weighted by atomic mass is 35.5. The summed E-state index contributed by atoms with van der Waals surface area (Å²) in [5.74, 6) is 0.0263. The third kappa shape index (κ3) is 5.35. The van der Waals surface area contributed by atoms with Gasteiger partial charge in [0.2, 0.25) is 15.9 Å². The summed E-state index contributed by atoms with van der Waals surface area (Å²) in [6.07, 6.45) is 1.51. The van der Waals surface area contributed by atoms with E-state index >= 15 is 0 Å². The molecule has 1 saturated heterocycles. The van der Waals surface area contributed by atoms with Crippen LogP contribution in [0, 0.1) is 0 Å². The molecule has 2 aromatic carbocycles. The average Bonchev–Trinajstić information content (AvgIpc) is 3.19. The van der Waals surface area contributed by atoms with Crippen LogP contribution in [0.4, 0.5) is 0 Å². The molecule has 10 heteroatoms. The Hall–Kier alpha value is -1.94. The Kier molecular flexibility index (Phi) is 7.72. The molecule has 1 amide bonds. The lowest BCUT2D eigenvalue weighted by atomic mass is 9.93. The van der Waals surface area contributed by atoms with Crippen molar-refractivity contribution in [1.29, 1.82) is 0 Å². The van der Waals surface area contributed by atoms with E-state index in [1.165, 1.54) is 26.9 Å². The van der Waals surface area contributed by atoms with Gasteiger partial charge in [-0.05, 0) is 71.8 Å². The number of thiophene rings is 1. The highest BCUT2D eigenvalue weighted by molar-refractivity contribution is 7.89. The zero-order valence-electron chi connectivity index (χ0n) is 19.6. The number of hydrogen-bond acceptors (Lipinski definition) is 5. The predicted molar refractivity (Wildman–Crippen MR) is 144 cm³/mol. The maximum atomic E-state index is 13.4. The first-order valence-electron chi connectivity index (χ1n) is 11.9. The average molecular weight is 565 g/mol. The Labute approximate surface area is 226 Å². The monoisotopic (exact) mass is 563 g/mol. The van der Waals surface area contributed by atoms with Gasteiger partial charge in [0, 0.05) is 47.6 Å². The first-order chi connectivity index (χ1) is 17.3. The third-order valence-electron chi connectivity index (χ3n) is 6.85. The molecular formula is C26H27Cl2N3O3S2. The zero-order valence-corrected chi connectivity index (χ0v) is 22.8. The van der Waals surface area contributed by atoms with Crippen molar-refractivity contribution < 1.29 is 13.2 Å². The van der Waals surface area contributed by atoms with Gasteiger partial charge in [0.25, 0.3) is 0 Å². The number of rotatable bonds is 5. The molecule has 0 spiro atoms. The first-order valence-corrected chi connectivity index (χ1v) is 15.0. The van der Waals surface area contributed by atoms with Crippen molar-refractivity contribution in [2.45, 2.75) is 23.8 Å². The molecule has 5 rings (SSSR count). The minimum Gasteiger partial charge on any atom is -0.340 e. The molecule has 2 aliphatic heterocycles. The number of carbonyl (C=O) groups excluding carboxylic acids is 1. The lowest BCUT2D eigenvalue weighted by molar-refractivity contribution is -0.132. The number of halogens is 2. The van der Waals surface area contributed by atoms with E-state index in [9.17, 15) is 13.2 Å². The van der Waals surface area contributed by atoms with Gasteiger partial charge in [-0.1, -0.05) is 35.3 Å². The Morgan fingerprint density at radius 1 is 0.889 bits per heavy atom. The Bertz CT molecular complexity index is 1330. The molecule has 6 nitrogen and oxygen atoms in total. The smallest absolute Gasteiger partial charge is 0.243 e. The molecule has 1 fully saturated rings. The van der Waals surface area contributed by atoms with Gasteiger partial charge in [-0.25, -0.2) is 8.42 Å². The molecule has 0 bridgehead atoms. The number of carbonyl (C=O) groups is 1. The standard InChI is InChI=1S/C26H27Cl2N3O3S2/c27-20-4-2-19(3-5-20)26-23-11-17-35-24(23)10-14-30(26)18-25(32)29-12-1-13-31(16-15-29)36(33,34)22-8-6-21(28)7-9-22/h2-9,11,17,26H,1,10,12-16,18H2/t26-/m0/s1. The van der Waals surface area contributed by atoms with Crippen LogP contribution in [0.3, 0.4) is 0 Å². The molecule has 36 heavy (non-hydrogen) atoms. The summed E-state index contributed by atoms with van der Waals surface area (Å²) in [6, 6.07) is 16.2. The highest BCUT2D eigenvalue weighted by Crippen LogP contribution is 2.38. The molecule has 0 unspecified atom stereocenters. The lowest BCUT2D eigenvalue weighted by Gasteiger charge is -2.37. The quantitative estimate of drug-likeness (QED) is 0.441. The molecule has 0 saturated carbocycles. The highest BCUT2D eigenvalue weighted by Gasteiger charge is 2.33. The van der Waals surface area contributed by atoms with Gasteiger partial charge in [0.1, 0.15) is 0 Å². The van der Waals surface area contributed by atoms with Gasteiger partial charge in [-0.3, -0.25) is 9.69 Å². The Balaban J connectivity index is 1.29. The molecular weight excluding hydrogens is 537 g/mol. The molecule has 0 radical (unpaired) electrons. The van der Waals surface area contributed by atoms with Crippen LogP contribution in [0.2, 0.25) is 10.0 Å². The summed E-state index contributed by atoms with van der Waals surface area (Å²) in [7, 11) is -3.64. The normalized spacial score (nSPS) is 19.6. The summed E-state index contributed by atoms with van der Waals surface area (Å²) in [4.78, 5) is 19.1. The van der Waals surface area contributed by atoms with E-state index in [0.717, 1.165) is 18.5 Å². The summed E-state index contributed by atoms with van der Waals surface area (Å²) in [6.45, 7) is 2.63. The summed E-state index contributed by atoms with van der Waals surface area (Å²) in [5, 5.41) is 3.29. The predicted octanol–water partition coefficient (Wildman–Crippen LogP) is 4.93. The summed E-state index contributed by atoms with van der Waals surface area (Å²) >= 11 is 13.8. The van der Waals surface area contributed by atoms with Crippen molar-refractivity contribution in [3.05, 3.63) is 86.0 Å². The van der Waals surface area contributed by atoms with E-state index < -0.39 is 10.0 Å². The fourth-order valence-electron chi connectivity index (χ4n) is 4.99. The van der Waals surface area contributed by atoms with Crippen LogP contribution in [0.5, 0.6) is 0 Å². The van der Waals surface area contributed by atoms with E-state index in [0.29, 0.717) is 36.1 Å². The van der Waals surface area contributed by atoms with Gasteiger partial charge >= 0.3 is 0 Å². The van der Waals surface area contributed by atoms with Crippen LogP contribution >= 0.6 is 34.5 Å². The van der Waals surface area contributed by atoms with Crippen molar-refractivity contribution in [2.24, 2.45) is 0 Å². The van der Waals surface area contributed by atoms with E-state index in [2.05, 4.69) is 16.3 Å². The fourth-order valence-corrected chi connectivity index (χ4v) is 7.61. The number of amides is 1. The van der Waals surface area contributed by atoms with E-state index in [4.69, 9.17) is 23.2 Å². The van der Waals surface area contributed by atoms with Crippen LogP contribution in [0.1, 0.15) is 28.5 Å². The zero-order chi connectivity index (χ0) is 25.3. The summed E-state index contributed by atoms with van der Waals surface area (Å²) in [5.41, 5.74) is 2.36. The molecule has 2 aliphatic rings. The van der Waals surface area contributed by atoms with Gasteiger partial charge in [-0.15, -0.1) is 11.3 Å². The van der Waals surface area contributed by atoms with Crippen molar-refractivity contribution in [3.8, 4) is 0 Å². The van der Waals surface area contributed by atoms with Crippen molar-refractivity contribution in [3.63, 3.8) is 0 Å². The molecule has 1 atom stereocenters. The lowest BCUT2D eigenvalue weighted by Crippen LogP contribution is -2.45. The fraction of sp³-hybridized carbons (Fsp3) is 0.346. The number of benzene rings is 2. The Morgan fingerprint density at radius 2 is 1.58 bits per heavy atom. The number of nitrogens with zero attached hydrogens (tertiary/aromatic N) is 3. The van der Waals surface area contributed by atoms with Crippen LogP contribution in [0.15, 0.2) is 64.9 Å².